The van der Waals surface area contributed by atoms with Crippen LogP contribution in [0.4, 0.5) is 13.2 Å². The van der Waals surface area contributed by atoms with Crippen molar-refractivity contribution in [1.29, 1.82) is 0 Å². The van der Waals surface area contributed by atoms with Gasteiger partial charge in [0.25, 0.3) is 0 Å². The fourth-order valence-electron chi connectivity index (χ4n) is 0.973. The van der Waals surface area contributed by atoms with Gasteiger partial charge in [-0.3, -0.25) is 4.79 Å². The van der Waals surface area contributed by atoms with Crippen LogP contribution in [0, 0.1) is 6.92 Å². The van der Waals surface area contributed by atoms with Crippen LogP contribution in [0.25, 0.3) is 0 Å². The molecule has 0 fully saturated rings. The monoisotopic (exact) mass is 209 g/mol. The van der Waals surface area contributed by atoms with Crippen molar-refractivity contribution in [1.82, 2.24) is 5.16 Å². The van der Waals surface area contributed by atoms with Crippen molar-refractivity contribution in [3.8, 4) is 0 Å². The van der Waals surface area contributed by atoms with E-state index in [0.717, 1.165) is 0 Å². The largest absolute Gasteiger partial charge is 0.481 e. The highest BCUT2D eigenvalue weighted by Crippen LogP contribution is 2.32. The first kappa shape index (κ1) is 10.6. The molecule has 0 aromatic carbocycles. The number of halogens is 3. The van der Waals surface area contributed by atoms with Gasteiger partial charge in [0.05, 0.1) is 6.42 Å². The first-order chi connectivity index (χ1) is 6.32. The van der Waals surface area contributed by atoms with Crippen molar-refractivity contribution in [2.24, 2.45) is 0 Å². The third-order valence-corrected chi connectivity index (χ3v) is 1.58. The van der Waals surface area contributed by atoms with Crippen molar-refractivity contribution in [3.63, 3.8) is 0 Å². The van der Waals surface area contributed by atoms with E-state index in [9.17, 15) is 18.0 Å². The highest BCUT2D eigenvalue weighted by Gasteiger charge is 2.39. The standard InChI is InChI=1S/C7H6F3NO3/c1-3-4(2-5(12)13)6(11-14-3)7(8,9)10/h2H2,1H3,(H,12,13). The molecule has 0 saturated carbocycles. The smallest absolute Gasteiger partial charge is 0.437 e. The second kappa shape index (κ2) is 3.32. The second-order valence-electron chi connectivity index (χ2n) is 2.63. The normalized spacial score (nSPS) is 11.7. The first-order valence-electron chi connectivity index (χ1n) is 3.56. The van der Waals surface area contributed by atoms with E-state index < -0.39 is 29.8 Å². The summed E-state index contributed by atoms with van der Waals surface area (Å²) in [4.78, 5) is 10.3. The zero-order valence-corrected chi connectivity index (χ0v) is 7.05. The maximum atomic E-state index is 12.2. The number of aromatic nitrogens is 1. The number of hydrogen-bond acceptors (Lipinski definition) is 3. The maximum absolute atomic E-state index is 12.2. The molecule has 1 aromatic heterocycles. The Hall–Kier alpha value is -1.53. The molecular weight excluding hydrogens is 203 g/mol. The van der Waals surface area contributed by atoms with Crippen LogP contribution in [0.3, 0.4) is 0 Å². The zero-order valence-electron chi connectivity index (χ0n) is 7.05. The summed E-state index contributed by atoms with van der Waals surface area (Å²) in [5.41, 5.74) is -1.69. The van der Waals surface area contributed by atoms with Crippen molar-refractivity contribution in [2.45, 2.75) is 19.5 Å². The quantitative estimate of drug-likeness (QED) is 0.803. The molecule has 0 aliphatic carbocycles. The minimum absolute atomic E-state index is 0.125. The topological polar surface area (TPSA) is 63.3 Å². The van der Waals surface area contributed by atoms with Crippen molar-refractivity contribution in [3.05, 3.63) is 17.0 Å². The predicted octanol–water partition coefficient (Wildman–Crippen LogP) is 1.63. The Morgan fingerprint density at radius 2 is 2.14 bits per heavy atom. The molecule has 0 unspecified atom stereocenters. The molecule has 1 heterocycles. The molecule has 4 nitrogen and oxygen atoms in total. The predicted molar refractivity (Wildman–Crippen MR) is 37.6 cm³/mol. The number of aliphatic carboxylic acids is 1. The van der Waals surface area contributed by atoms with Crippen LogP contribution in [-0.4, -0.2) is 16.2 Å². The molecule has 0 aliphatic heterocycles. The maximum Gasteiger partial charge on any atom is 0.437 e. The van der Waals surface area contributed by atoms with E-state index in [2.05, 4.69) is 9.68 Å². The van der Waals surface area contributed by atoms with Crippen LogP contribution in [-0.2, 0) is 17.4 Å². The van der Waals surface area contributed by atoms with Crippen LogP contribution in [0.1, 0.15) is 17.0 Å². The molecule has 0 amide bonds. The third-order valence-electron chi connectivity index (χ3n) is 1.58. The highest BCUT2D eigenvalue weighted by molar-refractivity contribution is 5.70. The number of carboxylic acid groups (broad SMARTS) is 1. The molecular formula is C7H6F3NO3. The van der Waals surface area contributed by atoms with Gasteiger partial charge in [-0.25, -0.2) is 0 Å². The van der Waals surface area contributed by atoms with Crippen LogP contribution in [0.2, 0.25) is 0 Å². The van der Waals surface area contributed by atoms with Crippen LogP contribution < -0.4 is 0 Å². The van der Waals surface area contributed by atoms with Gasteiger partial charge in [-0.2, -0.15) is 13.2 Å². The third kappa shape index (κ3) is 2.04. The lowest BCUT2D eigenvalue weighted by Gasteiger charge is -2.03. The van der Waals surface area contributed by atoms with Gasteiger partial charge in [-0.1, -0.05) is 5.16 Å². The van der Waals surface area contributed by atoms with E-state index in [1.807, 2.05) is 0 Å². The lowest BCUT2D eigenvalue weighted by molar-refractivity contribution is -0.143. The molecule has 1 N–H and O–H groups in total. The summed E-state index contributed by atoms with van der Waals surface area (Å²) in [7, 11) is 0. The molecule has 1 aromatic rings. The van der Waals surface area contributed by atoms with Gasteiger partial charge in [-0.15, -0.1) is 0 Å². The summed E-state index contributed by atoms with van der Waals surface area (Å²) >= 11 is 0. The molecule has 78 valence electrons. The molecule has 0 aliphatic rings. The van der Waals surface area contributed by atoms with Crippen molar-refractivity contribution < 1.29 is 27.6 Å². The summed E-state index contributed by atoms with van der Waals surface area (Å²) in [6, 6.07) is 0. The minimum Gasteiger partial charge on any atom is -0.481 e. The Morgan fingerprint density at radius 1 is 1.57 bits per heavy atom. The number of hydrogen-bond donors (Lipinski definition) is 1. The summed E-state index contributed by atoms with van der Waals surface area (Å²) in [5.74, 6) is -1.48. The van der Waals surface area contributed by atoms with Gasteiger partial charge in [0, 0.05) is 5.56 Å². The second-order valence-corrected chi connectivity index (χ2v) is 2.63. The Balaban J connectivity index is 3.13. The molecule has 7 heteroatoms. The Bertz CT molecular complexity index is 356. The SMILES string of the molecule is Cc1onc(C(F)(F)F)c1CC(=O)O. The van der Waals surface area contributed by atoms with Gasteiger partial charge in [0.15, 0.2) is 5.69 Å². The van der Waals surface area contributed by atoms with Crippen LogP contribution in [0.15, 0.2) is 4.52 Å². The Labute approximate surface area is 76.3 Å². The summed E-state index contributed by atoms with van der Waals surface area (Å²) in [6.45, 7) is 1.24. The molecule has 0 radical (unpaired) electrons. The number of alkyl halides is 3. The summed E-state index contributed by atoms with van der Waals surface area (Å²) < 4.78 is 40.9. The molecule has 0 saturated heterocycles. The molecule has 0 atom stereocenters. The van der Waals surface area contributed by atoms with Gasteiger partial charge in [-0.05, 0) is 6.92 Å². The average molecular weight is 209 g/mol. The molecule has 0 bridgehead atoms. The van der Waals surface area contributed by atoms with Crippen molar-refractivity contribution >= 4 is 5.97 Å². The van der Waals surface area contributed by atoms with E-state index in [4.69, 9.17) is 5.11 Å². The lowest BCUT2D eigenvalue weighted by atomic mass is 10.1. The van der Waals surface area contributed by atoms with Gasteiger partial charge in [0.1, 0.15) is 5.76 Å². The average Bonchev–Trinajstić information content (AvgIpc) is 2.30. The van der Waals surface area contributed by atoms with E-state index in [1.165, 1.54) is 6.92 Å². The van der Waals surface area contributed by atoms with Crippen LogP contribution >= 0.6 is 0 Å². The zero-order chi connectivity index (χ0) is 10.9. The number of carboxylic acids is 1. The van der Waals surface area contributed by atoms with E-state index >= 15 is 0 Å². The summed E-state index contributed by atoms with van der Waals surface area (Å²) in [5, 5.41) is 11.1. The van der Waals surface area contributed by atoms with E-state index in [-0.39, 0.29) is 5.76 Å². The number of rotatable bonds is 2. The molecule has 1 rings (SSSR count). The fourth-order valence-corrected chi connectivity index (χ4v) is 0.973. The number of carbonyl (C=O) groups is 1. The van der Waals surface area contributed by atoms with E-state index in [1.54, 1.807) is 0 Å². The minimum atomic E-state index is -4.68. The van der Waals surface area contributed by atoms with Gasteiger partial charge < -0.3 is 9.63 Å². The lowest BCUT2D eigenvalue weighted by Crippen LogP contribution is -2.12. The Morgan fingerprint density at radius 3 is 2.57 bits per heavy atom. The molecule has 14 heavy (non-hydrogen) atoms. The molecule has 0 spiro atoms. The van der Waals surface area contributed by atoms with E-state index in [0.29, 0.717) is 0 Å². The highest BCUT2D eigenvalue weighted by atomic mass is 19.4. The van der Waals surface area contributed by atoms with Gasteiger partial charge in [0.2, 0.25) is 0 Å². The van der Waals surface area contributed by atoms with Gasteiger partial charge >= 0.3 is 12.1 Å². The first-order valence-corrected chi connectivity index (χ1v) is 3.56. The Kier molecular flexibility index (Phi) is 2.50. The fraction of sp³-hybridized carbons (Fsp3) is 0.429. The summed E-state index contributed by atoms with van der Waals surface area (Å²) in [6.07, 6.45) is -5.42. The number of nitrogens with zero attached hydrogens (tertiary/aromatic N) is 1. The van der Waals surface area contributed by atoms with Crippen molar-refractivity contribution in [2.75, 3.05) is 0 Å². The van der Waals surface area contributed by atoms with Crippen LogP contribution in [0.5, 0.6) is 0 Å². The number of aryl methyl sites for hydroxylation is 1.